The van der Waals surface area contributed by atoms with E-state index in [0.717, 1.165) is 0 Å². The summed E-state index contributed by atoms with van der Waals surface area (Å²) in [4.78, 5) is 46.3. The first kappa shape index (κ1) is 20.7. The molecule has 3 aromatic rings. The van der Waals surface area contributed by atoms with E-state index in [9.17, 15) is 14.4 Å². The summed E-state index contributed by atoms with van der Waals surface area (Å²) in [5, 5.41) is 0.509. The highest BCUT2D eigenvalue weighted by molar-refractivity contribution is 5.93. The molecule has 31 heavy (non-hydrogen) atoms. The molecule has 1 saturated heterocycles. The van der Waals surface area contributed by atoms with Crippen molar-refractivity contribution >= 4 is 22.8 Å². The first-order chi connectivity index (χ1) is 15.0. The van der Waals surface area contributed by atoms with Gasteiger partial charge in [0.2, 0.25) is 0 Å². The Balaban J connectivity index is 1.47. The van der Waals surface area contributed by atoms with Crippen molar-refractivity contribution in [2.75, 3.05) is 26.3 Å². The number of esters is 1. The van der Waals surface area contributed by atoms with E-state index in [0.29, 0.717) is 47.6 Å². The molecule has 1 amide bonds. The monoisotopic (exact) mass is 421 g/mol. The van der Waals surface area contributed by atoms with Crippen molar-refractivity contribution in [3.8, 4) is 0 Å². The molecule has 8 heteroatoms. The normalized spacial score (nSPS) is 16.3. The molecule has 1 unspecified atom stereocenters. The van der Waals surface area contributed by atoms with Crippen LogP contribution in [-0.4, -0.2) is 59.2 Å². The number of nitrogens with one attached hydrogen (secondary N) is 1. The number of hydrogen-bond acceptors (Lipinski definition) is 6. The number of carbonyl (C=O) groups is 2. The molecule has 1 aliphatic heterocycles. The van der Waals surface area contributed by atoms with E-state index in [1.807, 2.05) is 13.0 Å². The number of para-hydroxylation sites is 1. The van der Waals surface area contributed by atoms with Crippen molar-refractivity contribution in [2.24, 2.45) is 0 Å². The maximum absolute atomic E-state index is 12.7. The third kappa shape index (κ3) is 4.80. The summed E-state index contributed by atoms with van der Waals surface area (Å²) in [6, 6.07) is 14.0. The van der Waals surface area contributed by atoms with Crippen molar-refractivity contribution in [1.82, 2.24) is 14.9 Å². The molecule has 0 bridgehead atoms. The summed E-state index contributed by atoms with van der Waals surface area (Å²) < 4.78 is 10.7. The van der Waals surface area contributed by atoms with Crippen molar-refractivity contribution in [3.05, 3.63) is 75.8 Å². The van der Waals surface area contributed by atoms with E-state index in [4.69, 9.17) is 9.47 Å². The molecule has 1 aromatic heterocycles. The van der Waals surface area contributed by atoms with Gasteiger partial charge in [-0.3, -0.25) is 9.59 Å². The predicted octanol–water partition coefficient (Wildman–Crippen LogP) is 1.92. The van der Waals surface area contributed by atoms with Gasteiger partial charge >= 0.3 is 5.97 Å². The summed E-state index contributed by atoms with van der Waals surface area (Å²) in [6.07, 6.45) is 0.214. The zero-order valence-electron chi connectivity index (χ0n) is 17.2. The van der Waals surface area contributed by atoms with E-state index in [2.05, 4.69) is 9.97 Å². The van der Waals surface area contributed by atoms with Crippen LogP contribution in [0.1, 0.15) is 28.7 Å². The Kier molecular flexibility index (Phi) is 6.08. The second-order valence-electron chi connectivity index (χ2n) is 7.46. The average Bonchev–Trinajstić information content (AvgIpc) is 2.77. The first-order valence-electron chi connectivity index (χ1n) is 10.1. The van der Waals surface area contributed by atoms with Crippen LogP contribution in [0.2, 0.25) is 0 Å². The van der Waals surface area contributed by atoms with Crippen molar-refractivity contribution in [1.29, 1.82) is 0 Å². The van der Waals surface area contributed by atoms with Gasteiger partial charge in [-0.25, -0.2) is 9.78 Å². The first-order valence-corrected chi connectivity index (χ1v) is 10.1. The lowest BCUT2D eigenvalue weighted by Gasteiger charge is -2.30. The van der Waals surface area contributed by atoms with Crippen LogP contribution in [0.25, 0.3) is 10.9 Å². The number of aromatic amines is 1. The largest absolute Gasteiger partial charge is 0.452 e. The second-order valence-corrected chi connectivity index (χ2v) is 7.46. The summed E-state index contributed by atoms with van der Waals surface area (Å²) >= 11 is 0. The molecule has 4 rings (SSSR count). The highest BCUT2D eigenvalue weighted by Crippen LogP contribution is 2.15. The van der Waals surface area contributed by atoms with E-state index in [1.54, 1.807) is 47.4 Å². The minimum Gasteiger partial charge on any atom is -0.452 e. The molecule has 0 aliphatic carbocycles. The maximum atomic E-state index is 12.7. The summed E-state index contributed by atoms with van der Waals surface area (Å²) in [7, 11) is 0. The molecule has 1 aliphatic rings. The molecular weight excluding hydrogens is 398 g/mol. The van der Waals surface area contributed by atoms with Crippen LogP contribution in [-0.2, 0) is 20.7 Å². The third-order valence-electron chi connectivity index (χ3n) is 5.18. The Morgan fingerprint density at radius 1 is 1.19 bits per heavy atom. The van der Waals surface area contributed by atoms with Crippen LogP contribution in [0, 0.1) is 0 Å². The van der Waals surface area contributed by atoms with E-state index >= 15 is 0 Å². The van der Waals surface area contributed by atoms with Crippen LogP contribution >= 0.6 is 0 Å². The van der Waals surface area contributed by atoms with E-state index in [1.165, 1.54) is 0 Å². The quantitative estimate of drug-likeness (QED) is 0.632. The fraction of sp³-hybridized carbons (Fsp3) is 0.304. The summed E-state index contributed by atoms with van der Waals surface area (Å²) in [5.74, 6) is -0.391. The average molecular weight is 421 g/mol. The van der Waals surface area contributed by atoms with Gasteiger partial charge in [0.1, 0.15) is 5.82 Å². The van der Waals surface area contributed by atoms with Crippen LogP contribution in [0.3, 0.4) is 0 Å². The number of carbonyl (C=O) groups excluding carboxylic acids is 2. The number of benzene rings is 2. The topological polar surface area (TPSA) is 102 Å². The lowest BCUT2D eigenvalue weighted by atomic mass is 10.0. The Hall–Kier alpha value is -3.52. The molecule has 8 nitrogen and oxygen atoms in total. The number of H-pyrrole nitrogens is 1. The van der Waals surface area contributed by atoms with Crippen molar-refractivity contribution in [3.63, 3.8) is 0 Å². The van der Waals surface area contributed by atoms with Gasteiger partial charge in [-0.15, -0.1) is 0 Å². The van der Waals surface area contributed by atoms with E-state index < -0.39 is 5.97 Å². The lowest BCUT2D eigenvalue weighted by molar-refractivity contribution is -0.141. The number of rotatable bonds is 5. The van der Waals surface area contributed by atoms with Crippen molar-refractivity contribution in [2.45, 2.75) is 19.4 Å². The molecule has 0 saturated carbocycles. The van der Waals surface area contributed by atoms with Gasteiger partial charge < -0.3 is 19.4 Å². The highest BCUT2D eigenvalue weighted by atomic mass is 16.5. The van der Waals surface area contributed by atoms with Crippen LogP contribution < -0.4 is 5.56 Å². The molecular formula is C23H23N3O5. The van der Waals surface area contributed by atoms with Crippen LogP contribution in [0.15, 0.2) is 53.3 Å². The molecule has 160 valence electrons. The van der Waals surface area contributed by atoms with Crippen LogP contribution in [0.5, 0.6) is 0 Å². The molecule has 2 heterocycles. The lowest BCUT2D eigenvalue weighted by Crippen LogP contribution is -2.46. The minimum atomic E-state index is -0.589. The van der Waals surface area contributed by atoms with Gasteiger partial charge in [0, 0.05) is 19.5 Å². The Morgan fingerprint density at radius 2 is 1.97 bits per heavy atom. The number of ether oxygens (including phenoxy) is 2. The molecule has 2 aromatic carbocycles. The maximum Gasteiger partial charge on any atom is 0.338 e. The van der Waals surface area contributed by atoms with Crippen LogP contribution in [0.4, 0.5) is 0 Å². The molecule has 0 radical (unpaired) electrons. The number of morpholine rings is 1. The fourth-order valence-electron chi connectivity index (χ4n) is 3.61. The van der Waals surface area contributed by atoms with Gasteiger partial charge in [-0.1, -0.05) is 30.3 Å². The zero-order chi connectivity index (χ0) is 21.8. The van der Waals surface area contributed by atoms with Gasteiger partial charge in [0.25, 0.3) is 11.5 Å². The summed E-state index contributed by atoms with van der Waals surface area (Å²) in [5.41, 5.74) is 1.34. The number of amides is 1. The van der Waals surface area contributed by atoms with Gasteiger partial charge in [0.15, 0.2) is 6.61 Å². The van der Waals surface area contributed by atoms with Gasteiger partial charge in [-0.2, -0.15) is 0 Å². The van der Waals surface area contributed by atoms with Gasteiger partial charge in [-0.05, 0) is 30.7 Å². The number of nitrogens with zero attached hydrogens (tertiary/aromatic N) is 2. The number of aromatic nitrogens is 2. The number of fused-ring (bicyclic) bond motifs is 1. The Bertz CT molecular complexity index is 1170. The molecule has 1 N–H and O–H groups in total. The zero-order valence-corrected chi connectivity index (χ0v) is 17.2. The molecule has 1 atom stereocenters. The third-order valence-corrected chi connectivity index (χ3v) is 5.18. The Labute approximate surface area is 178 Å². The number of hydrogen-bond donors (Lipinski definition) is 1. The SMILES string of the molecule is CC1CN(C(=O)COC(=O)c2ccccc2Cc2nc3ccccc3c(=O)[nH]2)CCO1. The van der Waals surface area contributed by atoms with E-state index in [-0.39, 0.29) is 30.6 Å². The predicted molar refractivity (Wildman–Crippen MR) is 114 cm³/mol. The van der Waals surface area contributed by atoms with Crippen molar-refractivity contribution < 1.29 is 19.1 Å². The highest BCUT2D eigenvalue weighted by Gasteiger charge is 2.23. The summed E-state index contributed by atoms with van der Waals surface area (Å²) in [6.45, 7) is 3.00. The standard InChI is InChI=1S/C23H23N3O5/c1-15-13-26(10-11-30-15)21(27)14-31-23(29)17-7-3-2-6-16(17)12-20-24-19-9-5-4-8-18(19)22(28)25-20/h2-9,15H,10-14H2,1H3,(H,24,25,28). The smallest absolute Gasteiger partial charge is 0.338 e. The van der Waals surface area contributed by atoms with Gasteiger partial charge in [0.05, 0.1) is 29.2 Å². The fourth-order valence-corrected chi connectivity index (χ4v) is 3.61. The second kappa shape index (κ2) is 9.09. The Morgan fingerprint density at radius 3 is 2.81 bits per heavy atom. The molecule has 0 spiro atoms. The molecule has 1 fully saturated rings. The minimum absolute atomic E-state index is 0.0364.